The molecule has 8 nitrogen and oxygen atoms in total. The zero-order chi connectivity index (χ0) is 28.8. The highest BCUT2D eigenvalue weighted by atomic mass is 16.5. The number of benzene rings is 3. The lowest BCUT2D eigenvalue weighted by Gasteiger charge is -2.29. The van der Waals surface area contributed by atoms with Crippen LogP contribution in [0.4, 0.5) is 11.4 Å². The molecule has 2 aliphatic heterocycles. The van der Waals surface area contributed by atoms with Gasteiger partial charge >= 0.3 is 5.97 Å². The molecule has 0 spiro atoms. The second kappa shape index (κ2) is 12.9. The van der Waals surface area contributed by atoms with Gasteiger partial charge in [-0.25, -0.2) is 0 Å². The molecule has 0 bridgehead atoms. The summed E-state index contributed by atoms with van der Waals surface area (Å²) in [5, 5.41) is 15.8. The summed E-state index contributed by atoms with van der Waals surface area (Å²) in [4.78, 5) is 27.0. The molecule has 0 atom stereocenters. The Balaban J connectivity index is 1.39. The van der Waals surface area contributed by atoms with Crippen molar-refractivity contribution in [3.05, 3.63) is 83.4 Å². The van der Waals surface area contributed by atoms with Crippen LogP contribution in [0.15, 0.2) is 66.7 Å². The van der Waals surface area contributed by atoms with Gasteiger partial charge in [-0.05, 0) is 75.5 Å². The first-order chi connectivity index (χ1) is 20.0. The number of hydrogen-bond donors (Lipinski definition) is 3. The van der Waals surface area contributed by atoms with E-state index in [2.05, 4.69) is 27.7 Å². The van der Waals surface area contributed by atoms with E-state index < -0.39 is 5.97 Å². The molecule has 1 fully saturated rings. The molecule has 0 radical (unpaired) electrons. The lowest BCUT2D eigenvalue weighted by atomic mass is 9.97. The predicted molar refractivity (Wildman–Crippen MR) is 161 cm³/mol. The van der Waals surface area contributed by atoms with Crippen molar-refractivity contribution < 1.29 is 24.2 Å². The third kappa shape index (κ3) is 6.55. The minimum Gasteiger partial charge on any atom is -0.490 e. The van der Waals surface area contributed by atoms with Gasteiger partial charge in [-0.1, -0.05) is 42.5 Å². The largest absolute Gasteiger partial charge is 0.490 e. The average Bonchev–Trinajstić information content (AvgIpc) is 3.30. The van der Waals surface area contributed by atoms with Crippen LogP contribution in [0.5, 0.6) is 11.5 Å². The van der Waals surface area contributed by atoms with E-state index in [1.54, 1.807) is 0 Å². The molecule has 0 aromatic heterocycles. The number of hydrogen-bond acceptors (Lipinski definition) is 6. The molecule has 3 N–H and O–H groups in total. The topological polar surface area (TPSA) is 100 Å². The lowest BCUT2D eigenvalue weighted by molar-refractivity contribution is -0.143. The Labute approximate surface area is 241 Å². The number of carbonyl (C=O) groups is 2. The van der Waals surface area contributed by atoms with Crippen LogP contribution in [0.2, 0.25) is 0 Å². The first-order valence-electron chi connectivity index (χ1n) is 14.3. The van der Waals surface area contributed by atoms with Crippen molar-refractivity contribution in [2.24, 2.45) is 5.92 Å². The minimum atomic E-state index is -0.679. The Hall–Kier alpha value is -4.30. The summed E-state index contributed by atoms with van der Waals surface area (Å²) in [6.07, 6.45) is 2.32. The van der Waals surface area contributed by atoms with Crippen LogP contribution in [0.25, 0.3) is 11.3 Å². The molecule has 1 saturated heterocycles. The molecule has 214 valence electrons. The zero-order valence-electron chi connectivity index (χ0n) is 23.6. The van der Waals surface area contributed by atoms with E-state index in [4.69, 9.17) is 9.47 Å². The summed E-state index contributed by atoms with van der Waals surface area (Å²) in [5.41, 5.74) is 5.68. The van der Waals surface area contributed by atoms with E-state index >= 15 is 0 Å². The fourth-order valence-corrected chi connectivity index (χ4v) is 5.44. The minimum absolute atomic E-state index is 0.189. The number of aliphatic carboxylic acids is 1. The smallest absolute Gasteiger partial charge is 0.306 e. The summed E-state index contributed by atoms with van der Waals surface area (Å²) in [7, 11) is 0. The number of nitrogens with one attached hydrogen (secondary N) is 2. The maximum absolute atomic E-state index is 13.4. The molecule has 0 unspecified atom stereocenters. The highest BCUT2D eigenvalue weighted by Gasteiger charge is 2.31. The van der Waals surface area contributed by atoms with Gasteiger partial charge in [0.25, 0.3) is 5.91 Å². The molecule has 0 saturated carbocycles. The molecule has 5 rings (SSSR count). The standard InChI is InChI=1S/C33H37N3O5/c1-3-40-28-20-26-27(21-29(28)41-4-2)35-32(37)30(26)31(23-8-6-5-7-9-23)34-25-12-10-22(11-13-25)14-17-36-18-15-24(16-19-36)33(38)39/h5-13,20-21,24,34H,3-4,14-19H2,1-2H3,(H,35,37)(H,38,39)/b31-30-. The maximum Gasteiger partial charge on any atom is 0.306 e. The van der Waals surface area contributed by atoms with Crippen LogP contribution >= 0.6 is 0 Å². The van der Waals surface area contributed by atoms with E-state index in [-0.39, 0.29) is 11.8 Å². The first kappa shape index (κ1) is 28.2. The molecule has 3 aromatic carbocycles. The van der Waals surface area contributed by atoms with Gasteiger partial charge in [-0.2, -0.15) is 0 Å². The normalized spacial score (nSPS) is 16.6. The Morgan fingerprint density at radius 3 is 2.27 bits per heavy atom. The van der Waals surface area contributed by atoms with Gasteiger partial charge in [0.1, 0.15) is 0 Å². The second-order valence-electron chi connectivity index (χ2n) is 10.3. The summed E-state index contributed by atoms with van der Waals surface area (Å²) in [6, 6.07) is 21.8. The lowest BCUT2D eigenvalue weighted by Crippen LogP contribution is -2.37. The SMILES string of the molecule is CCOc1cc2c(cc1OCC)/C(=C(/Nc1ccc(CCN3CCC(C(=O)O)CC3)cc1)c1ccccc1)C(=O)N2. The van der Waals surface area contributed by atoms with Gasteiger partial charge in [-0.3, -0.25) is 9.59 Å². The van der Waals surface area contributed by atoms with Gasteiger partial charge in [0.05, 0.1) is 36.1 Å². The fraction of sp³-hybridized carbons (Fsp3) is 0.333. The Morgan fingerprint density at radius 2 is 1.63 bits per heavy atom. The highest BCUT2D eigenvalue weighted by Crippen LogP contribution is 2.43. The van der Waals surface area contributed by atoms with E-state index in [0.717, 1.165) is 42.9 Å². The van der Waals surface area contributed by atoms with Gasteiger partial charge in [0.2, 0.25) is 0 Å². The van der Waals surface area contributed by atoms with Gasteiger partial charge in [0.15, 0.2) is 11.5 Å². The predicted octanol–water partition coefficient (Wildman–Crippen LogP) is 5.76. The average molecular weight is 556 g/mol. The molecular weight excluding hydrogens is 518 g/mol. The highest BCUT2D eigenvalue weighted by molar-refractivity contribution is 6.37. The van der Waals surface area contributed by atoms with Crippen molar-refractivity contribution in [2.45, 2.75) is 33.1 Å². The molecule has 1 amide bonds. The van der Waals surface area contributed by atoms with E-state index in [1.807, 2.05) is 68.4 Å². The Morgan fingerprint density at radius 1 is 0.976 bits per heavy atom. The molecule has 3 aromatic rings. The number of carboxylic acids is 1. The quantitative estimate of drug-likeness (QED) is 0.259. The van der Waals surface area contributed by atoms with Crippen molar-refractivity contribution in [3.8, 4) is 11.5 Å². The maximum atomic E-state index is 13.4. The number of likely N-dealkylation sites (tertiary alicyclic amines) is 1. The third-order valence-corrected chi connectivity index (χ3v) is 7.62. The number of piperidine rings is 1. The van der Waals surface area contributed by atoms with Crippen LogP contribution in [-0.4, -0.2) is 54.7 Å². The summed E-state index contributed by atoms with van der Waals surface area (Å²) >= 11 is 0. The third-order valence-electron chi connectivity index (χ3n) is 7.62. The summed E-state index contributed by atoms with van der Waals surface area (Å²) in [5.74, 6) is 0.125. The van der Waals surface area contributed by atoms with Crippen LogP contribution in [0.3, 0.4) is 0 Å². The zero-order valence-corrected chi connectivity index (χ0v) is 23.6. The molecule has 0 aliphatic carbocycles. The van der Waals surface area contributed by atoms with Crippen molar-refractivity contribution >= 4 is 34.5 Å². The molecule has 41 heavy (non-hydrogen) atoms. The van der Waals surface area contributed by atoms with Crippen molar-refractivity contribution in [3.63, 3.8) is 0 Å². The number of anilines is 2. The summed E-state index contributed by atoms with van der Waals surface area (Å²) in [6.45, 7) is 7.37. The second-order valence-corrected chi connectivity index (χ2v) is 10.3. The van der Waals surface area contributed by atoms with Crippen LogP contribution in [-0.2, 0) is 16.0 Å². The number of carboxylic acid groups (broad SMARTS) is 1. The number of rotatable bonds is 11. The van der Waals surface area contributed by atoms with Gasteiger partial charge < -0.3 is 30.1 Å². The molecule has 8 heteroatoms. The van der Waals surface area contributed by atoms with E-state index in [0.29, 0.717) is 54.5 Å². The first-order valence-corrected chi connectivity index (χ1v) is 14.3. The van der Waals surface area contributed by atoms with Crippen LogP contribution in [0.1, 0.15) is 43.4 Å². The number of amides is 1. The van der Waals surface area contributed by atoms with Gasteiger partial charge in [-0.15, -0.1) is 0 Å². The van der Waals surface area contributed by atoms with Crippen molar-refractivity contribution in [2.75, 3.05) is 43.5 Å². The monoisotopic (exact) mass is 555 g/mol. The summed E-state index contributed by atoms with van der Waals surface area (Å²) < 4.78 is 11.6. The van der Waals surface area contributed by atoms with E-state index in [1.165, 1.54) is 5.56 Å². The number of carbonyl (C=O) groups excluding carboxylic acids is 1. The number of nitrogens with zero attached hydrogens (tertiary/aromatic N) is 1. The van der Waals surface area contributed by atoms with E-state index in [9.17, 15) is 14.7 Å². The molecular formula is C33H37N3O5. The molecule has 2 heterocycles. The fourth-order valence-electron chi connectivity index (χ4n) is 5.44. The Bertz CT molecular complexity index is 1410. The molecule has 2 aliphatic rings. The van der Waals surface area contributed by atoms with Crippen LogP contribution < -0.4 is 20.1 Å². The van der Waals surface area contributed by atoms with Gasteiger partial charge in [0, 0.05) is 23.9 Å². The van der Waals surface area contributed by atoms with Crippen LogP contribution in [0, 0.1) is 5.92 Å². The van der Waals surface area contributed by atoms with Crippen molar-refractivity contribution in [1.29, 1.82) is 0 Å². The number of ether oxygens (including phenoxy) is 2. The number of fused-ring (bicyclic) bond motifs is 1. The van der Waals surface area contributed by atoms with Crippen molar-refractivity contribution in [1.82, 2.24) is 4.90 Å². The Kier molecular flexibility index (Phi) is 8.89.